The van der Waals surface area contributed by atoms with E-state index >= 15 is 0 Å². The van der Waals surface area contributed by atoms with E-state index in [1.165, 1.54) is 49.7 Å². The third-order valence-corrected chi connectivity index (χ3v) is 12.6. The highest BCUT2D eigenvalue weighted by Crippen LogP contribution is 2.46. The molecule has 0 aliphatic rings. The van der Waals surface area contributed by atoms with Gasteiger partial charge in [0.25, 0.3) is 0 Å². The molecule has 0 amide bonds. The third-order valence-electron chi connectivity index (χ3n) is 12.6. The van der Waals surface area contributed by atoms with Crippen LogP contribution in [0.3, 0.4) is 0 Å². The zero-order valence-electron chi connectivity index (χ0n) is 36.4. The Labute approximate surface area is 358 Å². The van der Waals surface area contributed by atoms with Gasteiger partial charge >= 0.3 is 0 Å². The lowest BCUT2D eigenvalue weighted by Gasteiger charge is -2.23. The molecule has 4 aromatic heterocycles. The zero-order valence-corrected chi connectivity index (χ0v) is 36.4. The van der Waals surface area contributed by atoms with Crippen LogP contribution in [0.5, 0.6) is 11.5 Å². The van der Waals surface area contributed by atoms with Crippen LogP contribution in [0.4, 0.5) is 0 Å². The lowest BCUT2D eigenvalue weighted by molar-refractivity contribution is 0.484. The number of benzene rings is 6. The molecule has 61 heavy (non-hydrogen) atoms. The minimum absolute atomic E-state index is 0.335. The average molecular weight is 797 g/mol. The largest absolute Gasteiger partial charge is 0.457 e. The topological polar surface area (TPSA) is 44.3 Å². The number of para-hydroxylation sites is 1. The summed E-state index contributed by atoms with van der Waals surface area (Å²) in [6, 6.07) is 48.1. The second-order valence-electron chi connectivity index (χ2n) is 17.8. The third kappa shape index (κ3) is 6.29. The van der Waals surface area contributed by atoms with Crippen LogP contribution >= 0.6 is 0 Å². The molecule has 0 radical (unpaired) electrons. The number of rotatable bonds is 9. The summed E-state index contributed by atoms with van der Waals surface area (Å²) in [5, 5.41) is 5.76. The summed E-state index contributed by atoms with van der Waals surface area (Å²) in [6.45, 7) is 18.4. The van der Waals surface area contributed by atoms with Crippen molar-refractivity contribution < 1.29 is 4.74 Å². The van der Waals surface area contributed by atoms with E-state index in [2.05, 4.69) is 192 Å². The van der Waals surface area contributed by atoms with Crippen LogP contribution in [0.1, 0.15) is 101 Å². The summed E-state index contributed by atoms with van der Waals surface area (Å²) < 4.78 is 11.5. The fraction of sp³-hybridized carbons (Fsp3) is 0.214. The molecule has 10 aromatic rings. The highest BCUT2D eigenvalue weighted by atomic mass is 16.5. The first kappa shape index (κ1) is 38.5. The Bertz CT molecular complexity index is 3240. The molecule has 302 valence electrons. The van der Waals surface area contributed by atoms with Crippen LogP contribution in [0.2, 0.25) is 0 Å². The predicted molar refractivity (Wildman–Crippen MR) is 256 cm³/mol. The molecule has 0 aliphatic carbocycles. The van der Waals surface area contributed by atoms with E-state index < -0.39 is 0 Å². The second-order valence-corrected chi connectivity index (χ2v) is 17.8. The second kappa shape index (κ2) is 15.1. The molecule has 0 atom stereocenters. The normalized spacial score (nSPS) is 12.2. The number of pyridine rings is 2. The Balaban J connectivity index is 1.25. The first-order valence-corrected chi connectivity index (χ1v) is 21.8. The van der Waals surface area contributed by atoms with Gasteiger partial charge in [-0.3, -0.25) is 8.97 Å². The molecule has 10 rings (SSSR count). The van der Waals surface area contributed by atoms with Crippen molar-refractivity contribution in [1.29, 1.82) is 0 Å². The fourth-order valence-electron chi connectivity index (χ4n) is 9.76. The van der Waals surface area contributed by atoms with Gasteiger partial charge < -0.3 is 4.74 Å². The van der Waals surface area contributed by atoms with Crippen molar-refractivity contribution in [3.05, 3.63) is 168 Å². The molecular formula is C56H52N4O. The molecule has 0 aliphatic heterocycles. The summed E-state index contributed by atoms with van der Waals surface area (Å²) in [5.74, 6) is 3.75. The molecule has 0 saturated carbocycles. The summed E-state index contributed by atoms with van der Waals surface area (Å²) in [5.41, 5.74) is 14.6. The molecule has 5 nitrogen and oxygen atoms in total. The Hall–Kier alpha value is -6.72. The number of imidazole rings is 1. The summed E-state index contributed by atoms with van der Waals surface area (Å²) in [6.07, 6.45) is 3.95. The molecule has 0 unspecified atom stereocenters. The van der Waals surface area contributed by atoms with Crippen molar-refractivity contribution in [2.24, 2.45) is 0 Å². The van der Waals surface area contributed by atoms with Crippen molar-refractivity contribution >= 4 is 49.1 Å². The summed E-state index contributed by atoms with van der Waals surface area (Å²) >= 11 is 0. The van der Waals surface area contributed by atoms with Gasteiger partial charge in [0, 0.05) is 39.4 Å². The van der Waals surface area contributed by atoms with Gasteiger partial charge in [-0.1, -0.05) is 128 Å². The summed E-state index contributed by atoms with van der Waals surface area (Å²) in [7, 11) is 0. The first-order valence-electron chi connectivity index (χ1n) is 21.8. The van der Waals surface area contributed by atoms with Gasteiger partial charge in [0.2, 0.25) is 0 Å². The minimum atomic E-state index is 0.335. The minimum Gasteiger partial charge on any atom is -0.457 e. The van der Waals surface area contributed by atoms with E-state index in [4.69, 9.17) is 14.7 Å². The molecule has 0 saturated heterocycles. The number of aromatic nitrogens is 4. The van der Waals surface area contributed by atoms with Crippen LogP contribution < -0.4 is 4.74 Å². The van der Waals surface area contributed by atoms with E-state index in [0.29, 0.717) is 23.7 Å². The van der Waals surface area contributed by atoms with E-state index in [9.17, 15) is 0 Å². The number of hydrogen-bond acceptors (Lipinski definition) is 3. The van der Waals surface area contributed by atoms with Gasteiger partial charge in [0.1, 0.15) is 23.0 Å². The molecule has 0 spiro atoms. The molecule has 0 fully saturated rings. The van der Waals surface area contributed by atoms with Crippen molar-refractivity contribution in [1.82, 2.24) is 18.9 Å². The number of nitrogens with zero attached hydrogens (tertiary/aromatic N) is 4. The number of ether oxygens (including phenoxy) is 1. The van der Waals surface area contributed by atoms with Crippen molar-refractivity contribution in [3.63, 3.8) is 0 Å². The van der Waals surface area contributed by atoms with Crippen LogP contribution in [0, 0.1) is 0 Å². The quantitative estimate of drug-likeness (QED) is 0.137. The lowest BCUT2D eigenvalue weighted by Crippen LogP contribution is -2.04. The highest BCUT2D eigenvalue weighted by Gasteiger charge is 2.25. The maximum Gasteiger partial charge on any atom is 0.145 e. The van der Waals surface area contributed by atoms with E-state index in [-0.39, 0.29) is 0 Å². The molecular weight excluding hydrogens is 745 g/mol. The monoisotopic (exact) mass is 796 g/mol. The average Bonchev–Trinajstić information content (AvgIpc) is 3.86. The lowest BCUT2D eigenvalue weighted by atomic mass is 9.83. The van der Waals surface area contributed by atoms with Gasteiger partial charge in [-0.25, -0.2) is 9.97 Å². The maximum absolute atomic E-state index is 6.88. The van der Waals surface area contributed by atoms with Crippen LogP contribution in [-0.2, 0) is 0 Å². The standard InChI is InChI=1S/C56H52N4O/c1-33(2)39-17-13-18-40(34(3)4)53(39)46-21-15-23-49-55(46)45-28-26-37(30-47(45)56-58-32-51(60(49)56)54-41(35(5)6)19-14-20-42(54)36(7)8)61-38-25-27-44-43-16-9-10-22-48(43)59(50(44)31-38)52-24-11-12-29-57-52/h9-36H,1-8H3. The predicted octanol–water partition coefficient (Wildman–Crippen LogP) is 15.8. The van der Waals surface area contributed by atoms with Crippen LogP contribution in [0.15, 0.2) is 146 Å². The van der Waals surface area contributed by atoms with Crippen LogP contribution in [0.25, 0.3) is 77.3 Å². The Kier molecular flexibility index (Phi) is 9.51. The Morgan fingerprint density at radius 1 is 0.459 bits per heavy atom. The summed E-state index contributed by atoms with van der Waals surface area (Å²) in [4.78, 5) is 10.1. The molecule has 6 aromatic carbocycles. The molecule has 5 heteroatoms. The first-order chi connectivity index (χ1) is 29.6. The maximum atomic E-state index is 6.88. The molecule has 0 N–H and O–H groups in total. The Morgan fingerprint density at radius 3 is 1.69 bits per heavy atom. The van der Waals surface area contributed by atoms with Crippen LogP contribution in [-0.4, -0.2) is 18.9 Å². The Morgan fingerprint density at radius 2 is 1.03 bits per heavy atom. The smallest absolute Gasteiger partial charge is 0.145 e. The van der Waals surface area contributed by atoms with Gasteiger partial charge in [-0.05, 0) is 117 Å². The molecule has 4 heterocycles. The van der Waals surface area contributed by atoms with E-state index in [0.717, 1.165) is 61.4 Å². The van der Waals surface area contributed by atoms with E-state index in [1.807, 2.05) is 18.3 Å². The highest BCUT2D eigenvalue weighted by molar-refractivity contribution is 6.18. The van der Waals surface area contributed by atoms with Crippen molar-refractivity contribution in [2.45, 2.75) is 79.1 Å². The number of fused-ring (bicyclic) bond motifs is 9. The zero-order chi connectivity index (χ0) is 42.1. The van der Waals surface area contributed by atoms with Gasteiger partial charge in [0.05, 0.1) is 28.4 Å². The van der Waals surface area contributed by atoms with Gasteiger partial charge in [0.15, 0.2) is 0 Å². The van der Waals surface area contributed by atoms with E-state index in [1.54, 1.807) is 0 Å². The van der Waals surface area contributed by atoms with Gasteiger partial charge in [-0.2, -0.15) is 0 Å². The SMILES string of the molecule is CC(C)c1cccc(C(C)C)c1-c1cccc2c1c1ccc(Oc3ccc4c5ccccc5n(-c5ccccn5)c4c3)cc1c1ncc(-c3c(C(C)C)cccc3C(C)C)n21. The van der Waals surface area contributed by atoms with Crippen molar-refractivity contribution in [3.8, 4) is 39.7 Å². The fourth-order valence-corrected chi connectivity index (χ4v) is 9.76. The van der Waals surface area contributed by atoms with Gasteiger partial charge in [-0.15, -0.1) is 0 Å². The van der Waals surface area contributed by atoms with Crippen molar-refractivity contribution in [2.75, 3.05) is 0 Å². The number of hydrogen-bond donors (Lipinski definition) is 0. The molecule has 0 bridgehead atoms.